The lowest BCUT2D eigenvalue weighted by Gasteiger charge is -2.15. The monoisotopic (exact) mass is 168 g/mol. The molecule has 0 radical (unpaired) electrons. The molecule has 12 heavy (non-hydrogen) atoms. The van der Waals surface area contributed by atoms with Crippen molar-refractivity contribution in [2.45, 2.75) is 26.1 Å². The van der Waals surface area contributed by atoms with Gasteiger partial charge in [-0.1, -0.05) is 0 Å². The zero-order chi connectivity index (χ0) is 8.97. The van der Waals surface area contributed by atoms with Gasteiger partial charge in [-0.05, 0) is 26.0 Å². The van der Waals surface area contributed by atoms with Crippen LogP contribution < -0.4 is 5.32 Å². The first-order chi connectivity index (χ1) is 5.70. The molecule has 0 aliphatic carbocycles. The Morgan fingerprint density at radius 2 is 2.25 bits per heavy atom. The van der Waals surface area contributed by atoms with Gasteiger partial charge in [-0.3, -0.25) is 4.98 Å². The molecule has 0 amide bonds. The van der Waals surface area contributed by atoms with Crippen molar-refractivity contribution in [3.8, 4) is 0 Å². The predicted molar refractivity (Wildman–Crippen MR) is 47.9 cm³/mol. The molecule has 66 valence electrons. The van der Waals surface area contributed by atoms with Crippen LogP contribution >= 0.6 is 0 Å². The minimum Gasteiger partial charge on any atom is -0.378 e. The molecule has 1 N–H and O–H groups in total. The highest BCUT2D eigenvalue weighted by molar-refractivity contribution is 5.40. The van der Waals surface area contributed by atoms with Crippen LogP contribution in [0.15, 0.2) is 24.5 Å². The van der Waals surface area contributed by atoms with Gasteiger partial charge in [0, 0.05) is 12.4 Å². The minimum absolute atomic E-state index is 0.172. The Labute approximate surface area is 71.8 Å². The first-order valence-corrected chi connectivity index (χ1v) is 4.01. The standard InChI is InChI=1S/C9H13FN2/c1-7(10)8(2)12-9-4-3-5-11-6-9/h3-8,12H,1-2H3/t7?,8-/m0/s1. The van der Waals surface area contributed by atoms with Crippen molar-refractivity contribution in [3.05, 3.63) is 24.5 Å². The zero-order valence-corrected chi connectivity index (χ0v) is 7.29. The van der Waals surface area contributed by atoms with Crippen LogP contribution in [0.25, 0.3) is 0 Å². The van der Waals surface area contributed by atoms with E-state index in [1.54, 1.807) is 19.3 Å². The molecule has 0 fully saturated rings. The van der Waals surface area contributed by atoms with Crippen molar-refractivity contribution in [3.63, 3.8) is 0 Å². The van der Waals surface area contributed by atoms with Crippen LogP contribution in [0.4, 0.5) is 10.1 Å². The van der Waals surface area contributed by atoms with E-state index in [1.165, 1.54) is 6.92 Å². The fraction of sp³-hybridized carbons (Fsp3) is 0.444. The number of halogens is 1. The number of hydrogen-bond acceptors (Lipinski definition) is 2. The van der Waals surface area contributed by atoms with Gasteiger partial charge in [0.15, 0.2) is 0 Å². The van der Waals surface area contributed by atoms with E-state index >= 15 is 0 Å². The smallest absolute Gasteiger partial charge is 0.117 e. The number of alkyl halides is 1. The van der Waals surface area contributed by atoms with E-state index in [4.69, 9.17) is 0 Å². The summed E-state index contributed by atoms with van der Waals surface area (Å²) < 4.78 is 12.7. The highest BCUT2D eigenvalue weighted by Crippen LogP contribution is 2.08. The summed E-state index contributed by atoms with van der Waals surface area (Å²) in [6.07, 6.45) is 2.51. The van der Waals surface area contributed by atoms with Crippen molar-refractivity contribution in [1.29, 1.82) is 0 Å². The van der Waals surface area contributed by atoms with Crippen LogP contribution in [-0.4, -0.2) is 17.2 Å². The number of rotatable bonds is 3. The SMILES string of the molecule is CC(F)[C@H](C)Nc1cccnc1. The maximum Gasteiger partial charge on any atom is 0.117 e. The van der Waals surface area contributed by atoms with Crippen LogP contribution in [0, 0.1) is 0 Å². The third kappa shape index (κ3) is 2.49. The molecule has 1 aromatic rings. The Balaban J connectivity index is 2.53. The maximum atomic E-state index is 12.7. The van der Waals surface area contributed by atoms with Crippen molar-refractivity contribution >= 4 is 5.69 Å². The first-order valence-electron chi connectivity index (χ1n) is 4.01. The van der Waals surface area contributed by atoms with E-state index in [0.29, 0.717) is 0 Å². The van der Waals surface area contributed by atoms with Gasteiger partial charge in [-0.15, -0.1) is 0 Å². The third-order valence-electron chi connectivity index (χ3n) is 1.74. The van der Waals surface area contributed by atoms with E-state index in [-0.39, 0.29) is 6.04 Å². The molecule has 0 bridgehead atoms. The molecular weight excluding hydrogens is 155 g/mol. The Morgan fingerprint density at radius 1 is 1.50 bits per heavy atom. The summed E-state index contributed by atoms with van der Waals surface area (Å²) in [5.74, 6) is 0. The molecule has 2 nitrogen and oxygen atoms in total. The number of nitrogens with one attached hydrogen (secondary N) is 1. The highest BCUT2D eigenvalue weighted by atomic mass is 19.1. The summed E-state index contributed by atoms with van der Waals surface area (Å²) in [7, 11) is 0. The average molecular weight is 168 g/mol. The molecule has 1 unspecified atom stereocenters. The Morgan fingerprint density at radius 3 is 2.75 bits per heavy atom. The quantitative estimate of drug-likeness (QED) is 0.748. The molecule has 0 saturated heterocycles. The molecular formula is C9H13FN2. The molecule has 3 heteroatoms. The first kappa shape index (κ1) is 8.97. The second kappa shape index (κ2) is 4.04. The normalized spacial score (nSPS) is 15.2. The van der Waals surface area contributed by atoms with Gasteiger partial charge in [0.05, 0.1) is 11.7 Å². The fourth-order valence-corrected chi connectivity index (χ4v) is 0.826. The molecule has 1 heterocycles. The fourth-order valence-electron chi connectivity index (χ4n) is 0.826. The Hall–Kier alpha value is -1.12. The summed E-state index contributed by atoms with van der Waals surface area (Å²) in [5.41, 5.74) is 0.856. The lowest BCUT2D eigenvalue weighted by atomic mass is 10.2. The number of aromatic nitrogens is 1. The largest absolute Gasteiger partial charge is 0.378 e. The maximum absolute atomic E-state index is 12.7. The van der Waals surface area contributed by atoms with Crippen LogP contribution in [0.2, 0.25) is 0 Å². The molecule has 0 saturated carbocycles. The van der Waals surface area contributed by atoms with Crippen LogP contribution in [0.3, 0.4) is 0 Å². The second-order valence-corrected chi connectivity index (χ2v) is 2.85. The number of anilines is 1. The number of pyridine rings is 1. The minimum atomic E-state index is -0.856. The van der Waals surface area contributed by atoms with Crippen LogP contribution in [-0.2, 0) is 0 Å². The zero-order valence-electron chi connectivity index (χ0n) is 7.29. The van der Waals surface area contributed by atoms with Crippen molar-refractivity contribution in [2.75, 3.05) is 5.32 Å². The van der Waals surface area contributed by atoms with Gasteiger partial charge in [0.2, 0.25) is 0 Å². The summed E-state index contributed by atoms with van der Waals surface area (Å²) in [6, 6.07) is 3.51. The van der Waals surface area contributed by atoms with E-state index in [2.05, 4.69) is 10.3 Å². The molecule has 1 rings (SSSR count). The van der Waals surface area contributed by atoms with Gasteiger partial charge >= 0.3 is 0 Å². The third-order valence-corrected chi connectivity index (χ3v) is 1.74. The van der Waals surface area contributed by atoms with E-state index in [9.17, 15) is 4.39 Å². The van der Waals surface area contributed by atoms with Crippen molar-refractivity contribution in [1.82, 2.24) is 4.98 Å². The summed E-state index contributed by atoms with van der Waals surface area (Å²) in [5, 5.41) is 3.00. The van der Waals surface area contributed by atoms with E-state index in [0.717, 1.165) is 5.69 Å². The van der Waals surface area contributed by atoms with Gasteiger partial charge in [-0.25, -0.2) is 4.39 Å². The topological polar surface area (TPSA) is 24.9 Å². The molecule has 0 aliphatic rings. The summed E-state index contributed by atoms with van der Waals surface area (Å²) >= 11 is 0. The number of nitrogens with zero attached hydrogens (tertiary/aromatic N) is 1. The van der Waals surface area contributed by atoms with Gasteiger partial charge < -0.3 is 5.32 Å². The lowest BCUT2D eigenvalue weighted by Crippen LogP contribution is -2.24. The molecule has 0 spiro atoms. The van der Waals surface area contributed by atoms with Crippen LogP contribution in [0.1, 0.15) is 13.8 Å². The van der Waals surface area contributed by atoms with Gasteiger partial charge in [0.1, 0.15) is 6.17 Å². The molecule has 1 aromatic heterocycles. The van der Waals surface area contributed by atoms with E-state index in [1.807, 2.05) is 12.1 Å². The second-order valence-electron chi connectivity index (χ2n) is 2.85. The molecule has 2 atom stereocenters. The summed E-state index contributed by atoms with van der Waals surface area (Å²) in [6.45, 7) is 3.34. The van der Waals surface area contributed by atoms with Gasteiger partial charge in [-0.2, -0.15) is 0 Å². The van der Waals surface area contributed by atoms with Crippen LogP contribution in [0.5, 0.6) is 0 Å². The highest BCUT2D eigenvalue weighted by Gasteiger charge is 2.09. The van der Waals surface area contributed by atoms with Crippen molar-refractivity contribution in [2.24, 2.45) is 0 Å². The predicted octanol–water partition coefficient (Wildman–Crippen LogP) is 2.24. The van der Waals surface area contributed by atoms with Gasteiger partial charge in [0.25, 0.3) is 0 Å². The lowest BCUT2D eigenvalue weighted by molar-refractivity contribution is 0.330. The van der Waals surface area contributed by atoms with E-state index < -0.39 is 6.17 Å². The molecule has 0 aliphatic heterocycles. The summed E-state index contributed by atoms with van der Waals surface area (Å²) in [4.78, 5) is 3.91. The molecule has 0 aromatic carbocycles. The van der Waals surface area contributed by atoms with Crippen molar-refractivity contribution < 1.29 is 4.39 Å². The Bertz CT molecular complexity index is 223. The average Bonchev–Trinajstić information content (AvgIpc) is 2.06. The number of hydrogen-bond donors (Lipinski definition) is 1. The Kier molecular flexibility index (Phi) is 3.02.